The molecule has 116 valence electrons. The summed E-state index contributed by atoms with van der Waals surface area (Å²) in [6.45, 7) is 1.66. The van der Waals surface area contributed by atoms with Gasteiger partial charge in [-0.2, -0.15) is 0 Å². The van der Waals surface area contributed by atoms with Crippen molar-refractivity contribution in [1.29, 1.82) is 0 Å². The largest absolute Gasteiger partial charge is 0.367 e. The van der Waals surface area contributed by atoms with E-state index in [0.717, 1.165) is 0 Å². The summed E-state index contributed by atoms with van der Waals surface area (Å²) in [6.07, 6.45) is -2.36. The van der Waals surface area contributed by atoms with E-state index in [0.29, 0.717) is 31.9 Å². The van der Waals surface area contributed by atoms with Crippen LogP contribution in [0.2, 0.25) is 10.0 Å². The van der Waals surface area contributed by atoms with Crippen LogP contribution in [0, 0.1) is 10.1 Å². The zero-order chi connectivity index (χ0) is 15.6. The third-order valence-corrected chi connectivity index (χ3v) is 3.87. The highest BCUT2D eigenvalue weighted by atomic mass is 35.5. The van der Waals surface area contributed by atoms with Crippen LogP contribution < -0.4 is 4.90 Å². The molecule has 2 rings (SSSR count). The van der Waals surface area contributed by atoms with Gasteiger partial charge >= 0.3 is 0 Å². The Kier molecular flexibility index (Phi) is 5.18. The van der Waals surface area contributed by atoms with Crippen LogP contribution in [0.15, 0.2) is 12.1 Å². The minimum atomic E-state index is -2.36. The Morgan fingerprint density at radius 1 is 1.19 bits per heavy atom. The minimum absolute atomic E-state index is 0.176. The number of nitro groups is 1. The fourth-order valence-corrected chi connectivity index (χ4v) is 3.02. The van der Waals surface area contributed by atoms with Gasteiger partial charge in [-0.25, -0.2) is 8.78 Å². The molecule has 1 aliphatic rings. The number of hydrogen-bond donors (Lipinski definition) is 0. The highest BCUT2D eigenvalue weighted by molar-refractivity contribution is 6.39. The topological polar surface area (TPSA) is 49.6 Å². The summed E-state index contributed by atoms with van der Waals surface area (Å²) < 4.78 is 24.7. The normalized spacial score (nSPS) is 16.5. The van der Waals surface area contributed by atoms with Crippen molar-refractivity contribution in [1.82, 2.24) is 4.90 Å². The molecule has 1 aliphatic heterocycles. The standard InChI is InChI=1S/C12H13Cl2F2N3O2/c13-9-5-8(19(20)21)6-10(14)12(9)18-3-1-17(2-4-18)7-11(15)16/h5-6,11H,1-4,7H2. The van der Waals surface area contributed by atoms with Gasteiger partial charge in [0.25, 0.3) is 12.1 Å². The highest BCUT2D eigenvalue weighted by Gasteiger charge is 2.24. The van der Waals surface area contributed by atoms with Crippen molar-refractivity contribution in [2.75, 3.05) is 37.6 Å². The Bertz CT molecular complexity index is 514. The van der Waals surface area contributed by atoms with Crippen LogP contribution in [-0.4, -0.2) is 49.0 Å². The first-order valence-corrected chi connectivity index (χ1v) is 7.03. The maximum atomic E-state index is 12.3. The first kappa shape index (κ1) is 16.2. The quantitative estimate of drug-likeness (QED) is 0.623. The van der Waals surface area contributed by atoms with Gasteiger partial charge in [0.15, 0.2) is 0 Å². The molecule has 1 aromatic carbocycles. The summed E-state index contributed by atoms with van der Waals surface area (Å²) in [5.41, 5.74) is 0.339. The maximum Gasteiger partial charge on any atom is 0.272 e. The lowest BCUT2D eigenvalue weighted by Crippen LogP contribution is -2.48. The summed E-state index contributed by atoms with van der Waals surface area (Å²) >= 11 is 12.1. The van der Waals surface area contributed by atoms with E-state index in [9.17, 15) is 18.9 Å². The van der Waals surface area contributed by atoms with Crippen LogP contribution in [0.3, 0.4) is 0 Å². The van der Waals surface area contributed by atoms with Crippen molar-refractivity contribution in [3.8, 4) is 0 Å². The van der Waals surface area contributed by atoms with Crippen LogP contribution >= 0.6 is 23.2 Å². The number of hydrogen-bond acceptors (Lipinski definition) is 4. The van der Waals surface area contributed by atoms with E-state index in [1.807, 2.05) is 4.90 Å². The van der Waals surface area contributed by atoms with Crippen molar-refractivity contribution < 1.29 is 13.7 Å². The van der Waals surface area contributed by atoms with E-state index in [4.69, 9.17) is 23.2 Å². The Balaban J connectivity index is 2.12. The molecule has 1 saturated heterocycles. The van der Waals surface area contributed by atoms with Gasteiger partial charge < -0.3 is 4.90 Å². The molecular weight excluding hydrogens is 327 g/mol. The Morgan fingerprint density at radius 3 is 2.14 bits per heavy atom. The predicted molar refractivity (Wildman–Crippen MR) is 77.8 cm³/mol. The average Bonchev–Trinajstić information content (AvgIpc) is 2.39. The van der Waals surface area contributed by atoms with Gasteiger partial charge in [0.2, 0.25) is 0 Å². The summed E-state index contributed by atoms with van der Waals surface area (Å²) in [5, 5.41) is 11.1. The van der Waals surface area contributed by atoms with E-state index < -0.39 is 11.3 Å². The fourth-order valence-electron chi connectivity index (χ4n) is 2.31. The molecule has 0 spiro atoms. The molecule has 1 fully saturated rings. The number of nitro benzene ring substituents is 1. The first-order valence-electron chi connectivity index (χ1n) is 6.27. The van der Waals surface area contributed by atoms with Crippen LogP contribution in [0.4, 0.5) is 20.2 Å². The molecule has 0 bridgehead atoms. The fraction of sp³-hybridized carbons (Fsp3) is 0.500. The molecule has 0 aromatic heterocycles. The number of rotatable bonds is 4. The molecule has 0 saturated carbocycles. The maximum absolute atomic E-state index is 12.3. The second-order valence-electron chi connectivity index (χ2n) is 4.69. The second-order valence-corrected chi connectivity index (χ2v) is 5.51. The third kappa shape index (κ3) is 3.93. The summed E-state index contributed by atoms with van der Waals surface area (Å²) in [6, 6.07) is 2.49. The molecule has 0 N–H and O–H groups in total. The van der Waals surface area contributed by atoms with Gasteiger partial charge in [0, 0.05) is 38.3 Å². The average molecular weight is 340 g/mol. The van der Waals surface area contributed by atoms with Crippen molar-refractivity contribution in [3.63, 3.8) is 0 Å². The predicted octanol–water partition coefficient (Wildman–Crippen LogP) is 3.29. The van der Waals surface area contributed by atoms with E-state index in [1.165, 1.54) is 12.1 Å². The number of nitrogens with zero attached hydrogens (tertiary/aromatic N) is 3. The van der Waals surface area contributed by atoms with Gasteiger partial charge in [0.1, 0.15) is 0 Å². The van der Waals surface area contributed by atoms with Crippen molar-refractivity contribution in [3.05, 3.63) is 32.3 Å². The first-order chi connectivity index (χ1) is 9.88. The third-order valence-electron chi connectivity index (χ3n) is 3.30. The monoisotopic (exact) mass is 339 g/mol. The van der Waals surface area contributed by atoms with Gasteiger partial charge in [-0.1, -0.05) is 23.2 Å². The zero-order valence-corrected chi connectivity index (χ0v) is 12.4. The molecule has 9 heteroatoms. The van der Waals surface area contributed by atoms with Gasteiger partial charge in [-0.3, -0.25) is 15.0 Å². The molecule has 0 amide bonds. The lowest BCUT2D eigenvalue weighted by Gasteiger charge is -2.36. The Morgan fingerprint density at radius 2 is 1.71 bits per heavy atom. The molecule has 0 unspecified atom stereocenters. The van der Waals surface area contributed by atoms with E-state index in [1.54, 1.807) is 4.90 Å². The number of anilines is 1. The molecule has 0 radical (unpaired) electrons. The number of alkyl halides is 2. The second kappa shape index (κ2) is 6.72. The van der Waals surface area contributed by atoms with Crippen molar-refractivity contribution >= 4 is 34.6 Å². The van der Waals surface area contributed by atoms with Gasteiger partial charge in [-0.15, -0.1) is 0 Å². The molecule has 0 atom stereocenters. The minimum Gasteiger partial charge on any atom is -0.367 e. The van der Waals surface area contributed by atoms with Crippen LogP contribution in [0.1, 0.15) is 0 Å². The molecule has 0 aliphatic carbocycles. The number of piperazine rings is 1. The lowest BCUT2D eigenvalue weighted by molar-refractivity contribution is -0.384. The van der Waals surface area contributed by atoms with Crippen molar-refractivity contribution in [2.45, 2.75) is 6.43 Å². The molecule has 1 heterocycles. The SMILES string of the molecule is O=[N+]([O-])c1cc(Cl)c(N2CCN(CC(F)F)CC2)c(Cl)c1. The number of benzene rings is 1. The zero-order valence-electron chi connectivity index (χ0n) is 10.9. The molecule has 5 nitrogen and oxygen atoms in total. The molecule has 21 heavy (non-hydrogen) atoms. The van der Waals surface area contributed by atoms with Gasteiger partial charge in [0.05, 0.1) is 27.2 Å². The van der Waals surface area contributed by atoms with Crippen molar-refractivity contribution in [2.24, 2.45) is 0 Å². The van der Waals surface area contributed by atoms with E-state index in [-0.39, 0.29) is 22.3 Å². The van der Waals surface area contributed by atoms with E-state index >= 15 is 0 Å². The summed E-state index contributed by atoms with van der Waals surface area (Å²) in [4.78, 5) is 13.7. The summed E-state index contributed by atoms with van der Waals surface area (Å²) in [5.74, 6) is 0. The van der Waals surface area contributed by atoms with Crippen LogP contribution in [0.25, 0.3) is 0 Å². The molecule has 1 aromatic rings. The summed E-state index contributed by atoms with van der Waals surface area (Å²) in [7, 11) is 0. The molecular formula is C12H13Cl2F2N3O2. The number of halogens is 4. The Labute approximate surface area is 130 Å². The van der Waals surface area contributed by atoms with Crippen LogP contribution in [-0.2, 0) is 0 Å². The van der Waals surface area contributed by atoms with E-state index in [2.05, 4.69) is 0 Å². The number of non-ortho nitro benzene ring substituents is 1. The smallest absolute Gasteiger partial charge is 0.272 e. The van der Waals surface area contributed by atoms with Crippen LogP contribution in [0.5, 0.6) is 0 Å². The van der Waals surface area contributed by atoms with Gasteiger partial charge in [-0.05, 0) is 0 Å². The highest BCUT2D eigenvalue weighted by Crippen LogP contribution is 2.37. The lowest BCUT2D eigenvalue weighted by atomic mass is 10.2. The Hall–Kier alpha value is -1.18.